The van der Waals surface area contributed by atoms with E-state index in [0.29, 0.717) is 12.3 Å². The molecule has 1 atom stereocenters. The third-order valence-electron chi connectivity index (χ3n) is 4.15. The highest BCUT2D eigenvalue weighted by atomic mass is 19.1. The number of nitrogens with zero attached hydrogens (tertiary/aromatic N) is 1. The van der Waals surface area contributed by atoms with Crippen LogP contribution in [-0.2, 0) is 4.74 Å². The van der Waals surface area contributed by atoms with E-state index >= 15 is 0 Å². The predicted molar refractivity (Wildman–Crippen MR) is 103 cm³/mol. The summed E-state index contributed by atoms with van der Waals surface area (Å²) in [5.41, 5.74) is 1.43. The summed E-state index contributed by atoms with van der Waals surface area (Å²) in [7, 11) is 0. The summed E-state index contributed by atoms with van der Waals surface area (Å²) in [5.74, 6) is 1.02. The average molecular weight is 363 g/mol. The summed E-state index contributed by atoms with van der Waals surface area (Å²) < 4.78 is 24.5. The lowest BCUT2D eigenvalue weighted by molar-refractivity contribution is 0.153. The van der Waals surface area contributed by atoms with E-state index in [2.05, 4.69) is 21.7 Å². The van der Waals surface area contributed by atoms with Gasteiger partial charge in [0, 0.05) is 19.2 Å². The van der Waals surface area contributed by atoms with Crippen molar-refractivity contribution >= 4 is 5.96 Å². The van der Waals surface area contributed by atoms with Crippen molar-refractivity contribution in [2.45, 2.75) is 39.2 Å². The van der Waals surface area contributed by atoms with E-state index in [1.807, 2.05) is 13.8 Å². The van der Waals surface area contributed by atoms with Crippen LogP contribution in [0.5, 0.6) is 5.75 Å². The number of hydrogen-bond donors (Lipinski definition) is 2. The van der Waals surface area contributed by atoms with Crippen LogP contribution in [0.15, 0.2) is 40.9 Å². The second-order valence-corrected chi connectivity index (χ2v) is 6.19. The number of nitrogens with one attached hydrogen (secondary N) is 2. The lowest BCUT2D eigenvalue weighted by atomic mass is 10.1. The zero-order chi connectivity index (χ0) is 18.6. The molecule has 0 amide bonds. The van der Waals surface area contributed by atoms with Gasteiger partial charge in [0.2, 0.25) is 0 Å². The maximum Gasteiger partial charge on any atom is 0.191 e. The van der Waals surface area contributed by atoms with E-state index in [9.17, 15) is 4.39 Å². The molecule has 0 bridgehead atoms. The molecule has 1 aliphatic rings. The maximum atomic E-state index is 13.3. The van der Waals surface area contributed by atoms with E-state index < -0.39 is 0 Å². The first-order chi connectivity index (χ1) is 12.7. The first kappa shape index (κ1) is 20.2. The first-order valence-electron chi connectivity index (χ1n) is 9.41. The lowest BCUT2D eigenvalue weighted by Gasteiger charge is -2.18. The van der Waals surface area contributed by atoms with Crippen LogP contribution in [-0.4, -0.2) is 44.9 Å². The van der Waals surface area contributed by atoms with Crippen LogP contribution >= 0.6 is 0 Å². The molecule has 0 aromatic heterocycles. The van der Waals surface area contributed by atoms with E-state index in [-0.39, 0.29) is 11.9 Å². The van der Waals surface area contributed by atoms with Crippen LogP contribution in [0.1, 0.15) is 33.1 Å². The highest BCUT2D eigenvalue weighted by Crippen LogP contribution is 2.15. The highest BCUT2D eigenvalue weighted by molar-refractivity contribution is 5.79. The Morgan fingerprint density at radius 2 is 2.23 bits per heavy atom. The molecule has 2 rings (SSSR count). The van der Waals surface area contributed by atoms with Crippen molar-refractivity contribution in [3.63, 3.8) is 0 Å². The Kier molecular flexibility index (Phi) is 8.96. The van der Waals surface area contributed by atoms with Gasteiger partial charge < -0.3 is 20.1 Å². The van der Waals surface area contributed by atoms with Gasteiger partial charge in [0.05, 0.1) is 19.8 Å². The van der Waals surface area contributed by atoms with Crippen LogP contribution < -0.4 is 15.4 Å². The smallest absolute Gasteiger partial charge is 0.191 e. The fraction of sp³-hybridized carbons (Fsp3) is 0.550. The van der Waals surface area contributed by atoms with Gasteiger partial charge in [0.1, 0.15) is 17.7 Å². The molecule has 1 unspecified atom stereocenters. The summed E-state index contributed by atoms with van der Waals surface area (Å²) in [5, 5.41) is 6.61. The molecule has 26 heavy (non-hydrogen) atoms. The van der Waals surface area contributed by atoms with Crippen molar-refractivity contribution in [2.24, 2.45) is 4.99 Å². The van der Waals surface area contributed by atoms with Crippen molar-refractivity contribution < 1.29 is 13.9 Å². The van der Waals surface area contributed by atoms with Gasteiger partial charge in [-0.2, -0.15) is 0 Å². The van der Waals surface area contributed by atoms with Crippen LogP contribution in [0, 0.1) is 5.82 Å². The molecule has 1 aromatic carbocycles. The summed E-state index contributed by atoms with van der Waals surface area (Å²) in [6.07, 6.45) is 4.87. The van der Waals surface area contributed by atoms with Gasteiger partial charge in [-0.15, -0.1) is 0 Å². The van der Waals surface area contributed by atoms with Gasteiger partial charge in [-0.1, -0.05) is 24.6 Å². The minimum atomic E-state index is -0.293. The summed E-state index contributed by atoms with van der Waals surface area (Å²) in [4.78, 5) is 4.62. The van der Waals surface area contributed by atoms with E-state index in [4.69, 9.17) is 9.47 Å². The largest absolute Gasteiger partial charge is 0.488 e. The molecule has 2 N–H and O–H groups in total. The predicted octanol–water partition coefficient (Wildman–Crippen LogP) is 3.28. The van der Waals surface area contributed by atoms with Gasteiger partial charge >= 0.3 is 0 Å². The Bertz CT molecular complexity index is 604. The third-order valence-corrected chi connectivity index (χ3v) is 4.15. The van der Waals surface area contributed by atoms with Crippen LogP contribution in [0.4, 0.5) is 4.39 Å². The number of aliphatic imine (C=N–C) groups is 1. The minimum absolute atomic E-state index is 0.0922. The fourth-order valence-electron chi connectivity index (χ4n) is 2.65. The molecule has 0 radical (unpaired) electrons. The van der Waals surface area contributed by atoms with Gasteiger partial charge in [-0.25, -0.2) is 9.38 Å². The highest BCUT2D eigenvalue weighted by Gasteiger charge is 2.09. The number of guanidine groups is 1. The zero-order valence-electron chi connectivity index (χ0n) is 15.8. The summed E-state index contributed by atoms with van der Waals surface area (Å²) in [6, 6.07) is 6.22. The molecule has 0 spiro atoms. The number of rotatable bonds is 9. The normalized spacial score (nSPS) is 16.0. The fourth-order valence-corrected chi connectivity index (χ4v) is 2.65. The molecule has 1 heterocycles. The Morgan fingerprint density at radius 3 is 2.92 bits per heavy atom. The number of hydrogen-bond acceptors (Lipinski definition) is 3. The van der Waals surface area contributed by atoms with E-state index in [1.54, 1.807) is 12.1 Å². The Hall–Kier alpha value is -2.08. The topological polar surface area (TPSA) is 54.9 Å². The molecule has 0 saturated heterocycles. The first-order valence-corrected chi connectivity index (χ1v) is 9.41. The maximum absolute atomic E-state index is 13.3. The quantitative estimate of drug-likeness (QED) is 0.402. The second kappa shape index (κ2) is 11.5. The Balaban J connectivity index is 1.83. The molecule has 0 fully saturated rings. The molecule has 0 saturated carbocycles. The molecular formula is C20H30FN3O2. The molecule has 1 aromatic rings. The molecule has 6 heteroatoms. The van der Waals surface area contributed by atoms with Gasteiger partial charge in [0.15, 0.2) is 5.96 Å². The van der Waals surface area contributed by atoms with Gasteiger partial charge in [-0.05, 0) is 38.3 Å². The summed E-state index contributed by atoms with van der Waals surface area (Å²) in [6.45, 7) is 7.76. The number of ether oxygens (including phenoxy) is 2. The van der Waals surface area contributed by atoms with Crippen molar-refractivity contribution in [3.05, 3.63) is 41.7 Å². The van der Waals surface area contributed by atoms with Crippen LogP contribution in [0.25, 0.3) is 0 Å². The minimum Gasteiger partial charge on any atom is -0.488 e. The van der Waals surface area contributed by atoms with Crippen LogP contribution in [0.2, 0.25) is 0 Å². The molecule has 144 valence electrons. The standard InChI is InChI=1S/C20H30FN3O2/c1-3-18(26-19-7-5-6-17(21)14-19)15-24-20(22-4-2)23-11-8-16-9-12-25-13-10-16/h5-7,9,14,18H,3-4,8,10-13,15H2,1-2H3,(H2,22,23,24). The molecular weight excluding hydrogens is 333 g/mol. The monoisotopic (exact) mass is 363 g/mol. The Labute approximate surface area is 155 Å². The molecule has 1 aliphatic heterocycles. The van der Waals surface area contributed by atoms with Crippen molar-refractivity contribution in [3.8, 4) is 5.75 Å². The average Bonchev–Trinajstić information content (AvgIpc) is 2.66. The molecule has 0 aliphatic carbocycles. The second-order valence-electron chi connectivity index (χ2n) is 6.19. The van der Waals surface area contributed by atoms with Gasteiger partial charge in [-0.3, -0.25) is 0 Å². The van der Waals surface area contributed by atoms with Crippen molar-refractivity contribution in [2.75, 3.05) is 32.8 Å². The van der Waals surface area contributed by atoms with Gasteiger partial charge in [0.25, 0.3) is 0 Å². The number of benzene rings is 1. The number of halogens is 1. The van der Waals surface area contributed by atoms with Crippen LogP contribution in [0.3, 0.4) is 0 Å². The SMILES string of the molecule is CCNC(=NCC(CC)Oc1cccc(F)c1)NCCC1=CCOCC1. The lowest BCUT2D eigenvalue weighted by Crippen LogP contribution is -2.38. The van der Waals surface area contributed by atoms with Crippen molar-refractivity contribution in [1.82, 2.24) is 10.6 Å². The van der Waals surface area contributed by atoms with Crippen molar-refractivity contribution in [1.29, 1.82) is 0 Å². The molecule has 5 nitrogen and oxygen atoms in total. The zero-order valence-corrected chi connectivity index (χ0v) is 15.8. The Morgan fingerprint density at radius 1 is 1.35 bits per heavy atom. The third kappa shape index (κ3) is 7.44. The summed E-state index contributed by atoms with van der Waals surface area (Å²) >= 11 is 0. The van der Waals surface area contributed by atoms with E-state index in [1.165, 1.54) is 17.7 Å². The van der Waals surface area contributed by atoms with E-state index in [0.717, 1.165) is 51.5 Å².